The number of carbonyl (C=O) groups is 2. The van der Waals surface area contributed by atoms with Crippen molar-refractivity contribution in [3.63, 3.8) is 0 Å². The van der Waals surface area contributed by atoms with Crippen molar-refractivity contribution < 1.29 is 9.59 Å². The Kier molecular flexibility index (Phi) is 4.37. The molecule has 0 saturated heterocycles. The van der Waals surface area contributed by atoms with E-state index in [4.69, 9.17) is 0 Å². The summed E-state index contributed by atoms with van der Waals surface area (Å²) in [5.74, 6) is 0.486. The summed E-state index contributed by atoms with van der Waals surface area (Å²) < 4.78 is 0. The first-order valence-electron chi connectivity index (χ1n) is 8.15. The maximum absolute atomic E-state index is 12.6. The van der Waals surface area contributed by atoms with E-state index >= 15 is 0 Å². The lowest BCUT2D eigenvalue weighted by atomic mass is 9.86. The van der Waals surface area contributed by atoms with E-state index in [-0.39, 0.29) is 17.6 Å². The SMILES string of the molecule is O=C(CN1CCCc2ccccc2C1=O)C1CCCCC1. The van der Waals surface area contributed by atoms with E-state index in [0.29, 0.717) is 13.1 Å². The van der Waals surface area contributed by atoms with Gasteiger partial charge in [-0.1, -0.05) is 37.5 Å². The molecule has 0 spiro atoms. The fourth-order valence-corrected chi connectivity index (χ4v) is 3.57. The number of hydrogen-bond donors (Lipinski definition) is 0. The molecule has 0 aromatic heterocycles. The van der Waals surface area contributed by atoms with Crippen LogP contribution in [0, 0.1) is 5.92 Å². The van der Waals surface area contributed by atoms with Gasteiger partial charge in [0, 0.05) is 18.0 Å². The maximum atomic E-state index is 12.6. The summed E-state index contributed by atoms with van der Waals surface area (Å²) in [5, 5.41) is 0. The molecule has 1 aliphatic heterocycles. The van der Waals surface area contributed by atoms with E-state index < -0.39 is 0 Å². The zero-order valence-corrected chi connectivity index (χ0v) is 12.5. The highest BCUT2D eigenvalue weighted by Crippen LogP contribution is 2.25. The number of Topliss-reactive ketones (excluding diaryl/α,β-unsaturated/α-hetero) is 1. The minimum absolute atomic E-state index is 0.0345. The van der Waals surface area contributed by atoms with Gasteiger partial charge in [0.1, 0.15) is 0 Å². The Balaban J connectivity index is 1.70. The molecule has 0 atom stereocenters. The molecule has 0 radical (unpaired) electrons. The van der Waals surface area contributed by atoms with Gasteiger partial charge in [-0.05, 0) is 37.3 Å². The number of nitrogens with zero attached hydrogens (tertiary/aromatic N) is 1. The lowest BCUT2D eigenvalue weighted by Gasteiger charge is -2.25. The van der Waals surface area contributed by atoms with Gasteiger partial charge >= 0.3 is 0 Å². The summed E-state index contributed by atoms with van der Waals surface area (Å²) in [4.78, 5) is 26.8. The second-order valence-corrected chi connectivity index (χ2v) is 6.29. The molecule has 1 aromatic rings. The molecule has 0 N–H and O–H groups in total. The van der Waals surface area contributed by atoms with Gasteiger partial charge in [-0.2, -0.15) is 0 Å². The van der Waals surface area contributed by atoms with Crippen molar-refractivity contribution in [1.29, 1.82) is 0 Å². The van der Waals surface area contributed by atoms with Crippen molar-refractivity contribution >= 4 is 11.7 Å². The zero-order chi connectivity index (χ0) is 14.7. The largest absolute Gasteiger partial charge is 0.331 e. The Morgan fingerprint density at radius 3 is 2.67 bits per heavy atom. The third kappa shape index (κ3) is 3.17. The minimum atomic E-state index is 0.0345. The summed E-state index contributed by atoms with van der Waals surface area (Å²) in [6.45, 7) is 1.00. The summed E-state index contributed by atoms with van der Waals surface area (Å²) in [6.07, 6.45) is 7.46. The van der Waals surface area contributed by atoms with Crippen molar-refractivity contribution in [3.8, 4) is 0 Å². The summed E-state index contributed by atoms with van der Waals surface area (Å²) in [5.41, 5.74) is 1.90. The summed E-state index contributed by atoms with van der Waals surface area (Å²) in [6, 6.07) is 7.80. The van der Waals surface area contributed by atoms with Crippen LogP contribution in [-0.2, 0) is 11.2 Å². The highest BCUT2D eigenvalue weighted by Gasteiger charge is 2.27. The predicted octanol–water partition coefficient (Wildman–Crippen LogP) is 3.22. The normalized spacial score (nSPS) is 20.0. The molecular weight excluding hydrogens is 262 g/mol. The summed E-state index contributed by atoms with van der Waals surface area (Å²) in [7, 11) is 0. The number of hydrogen-bond acceptors (Lipinski definition) is 2. The van der Waals surface area contributed by atoms with Crippen LogP contribution < -0.4 is 0 Å². The Morgan fingerprint density at radius 2 is 1.86 bits per heavy atom. The lowest BCUT2D eigenvalue weighted by molar-refractivity contribution is -0.124. The molecule has 112 valence electrons. The fraction of sp³-hybridized carbons (Fsp3) is 0.556. The number of fused-ring (bicyclic) bond motifs is 1. The van der Waals surface area contributed by atoms with Crippen LogP contribution in [0.4, 0.5) is 0 Å². The zero-order valence-electron chi connectivity index (χ0n) is 12.5. The van der Waals surface area contributed by atoms with Gasteiger partial charge in [0.05, 0.1) is 6.54 Å². The number of rotatable bonds is 3. The van der Waals surface area contributed by atoms with Crippen molar-refractivity contribution in [1.82, 2.24) is 4.90 Å². The third-order valence-electron chi connectivity index (χ3n) is 4.82. The van der Waals surface area contributed by atoms with Crippen molar-refractivity contribution in [3.05, 3.63) is 35.4 Å². The molecule has 1 heterocycles. The Morgan fingerprint density at radius 1 is 1.10 bits per heavy atom. The van der Waals surface area contributed by atoms with Crippen LogP contribution in [0.15, 0.2) is 24.3 Å². The van der Waals surface area contributed by atoms with Crippen LogP contribution in [-0.4, -0.2) is 29.7 Å². The first kappa shape index (κ1) is 14.3. The first-order chi connectivity index (χ1) is 10.3. The highest BCUT2D eigenvalue weighted by molar-refractivity contribution is 5.98. The van der Waals surface area contributed by atoms with Crippen LogP contribution in [0.5, 0.6) is 0 Å². The smallest absolute Gasteiger partial charge is 0.254 e. The molecule has 1 fully saturated rings. The van der Waals surface area contributed by atoms with Gasteiger partial charge in [0.15, 0.2) is 5.78 Å². The number of ketones is 1. The van der Waals surface area contributed by atoms with Crippen molar-refractivity contribution in [2.24, 2.45) is 5.92 Å². The molecule has 3 rings (SSSR count). The highest BCUT2D eigenvalue weighted by atomic mass is 16.2. The average molecular weight is 285 g/mol. The van der Waals surface area contributed by atoms with Gasteiger partial charge in [-0.15, -0.1) is 0 Å². The molecule has 3 nitrogen and oxygen atoms in total. The molecule has 0 bridgehead atoms. The quantitative estimate of drug-likeness (QED) is 0.855. The van der Waals surface area contributed by atoms with Crippen LogP contribution in [0.1, 0.15) is 54.4 Å². The fourth-order valence-electron chi connectivity index (χ4n) is 3.57. The van der Waals surface area contributed by atoms with E-state index in [0.717, 1.165) is 49.7 Å². The van der Waals surface area contributed by atoms with Gasteiger partial charge in [0.2, 0.25) is 0 Å². The van der Waals surface area contributed by atoms with Crippen molar-refractivity contribution in [2.45, 2.75) is 44.9 Å². The molecule has 1 aliphatic carbocycles. The second kappa shape index (κ2) is 6.42. The second-order valence-electron chi connectivity index (χ2n) is 6.29. The first-order valence-corrected chi connectivity index (χ1v) is 8.15. The van der Waals surface area contributed by atoms with Gasteiger partial charge in [0.25, 0.3) is 5.91 Å². The van der Waals surface area contributed by atoms with E-state index in [1.165, 1.54) is 6.42 Å². The van der Waals surface area contributed by atoms with Crippen LogP contribution in [0.3, 0.4) is 0 Å². The summed E-state index contributed by atoms with van der Waals surface area (Å²) >= 11 is 0. The number of amides is 1. The topological polar surface area (TPSA) is 37.4 Å². The number of carbonyl (C=O) groups excluding carboxylic acids is 2. The molecular formula is C18H23NO2. The van der Waals surface area contributed by atoms with E-state index in [9.17, 15) is 9.59 Å². The average Bonchev–Trinajstić information content (AvgIpc) is 2.69. The predicted molar refractivity (Wildman–Crippen MR) is 82.2 cm³/mol. The Bertz CT molecular complexity index is 532. The molecule has 3 heteroatoms. The lowest BCUT2D eigenvalue weighted by Crippen LogP contribution is -2.38. The Hall–Kier alpha value is -1.64. The monoisotopic (exact) mass is 285 g/mol. The third-order valence-corrected chi connectivity index (χ3v) is 4.82. The van der Waals surface area contributed by atoms with Crippen LogP contribution in [0.25, 0.3) is 0 Å². The molecule has 21 heavy (non-hydrogen) atoms. The van der Waals surface area contributed by atoms with Gasteiger partial charge in [-0.3, -0.25) is 9.59 Å². The number of benzene rings is 1. The molecule has 1 amide bonds. The molecule has 0 unspecified atom stereocenters. The van der Waals surface area contributed by atoms with Crippen LogP contribution in [0.2, 0.25) is 0 Å². The maximum Gasteiger partial charge on any atom is 0.254 e. The molecule has 2 aliphatic rings. The number of aryl methyl sites for hydroxylation is 1. The van der Waals surface area contributed by atoms with E-state index in [1.54, 1.807) is 4.90 Å². The molecule has 1 aromatic carbocycles. The Labute approximate surface area is 126 Å². The standard InChI is InChI=1S/C18H23NO2/c20-17(15-8-2-1-3-9-15)13-19-12-6-10-14-7-4-5-11-16(14)18(19)21/h4-5,7,11,15H,1-3,6,8-10,12-13H2. The minimum Gasteiger partial charge on any atom is -0.331 e. The van der Waals surface area contributed by atoms with Crippen molar-refractivity contribution in [2.75, 3.05) is 13.1 Å². The van der Waals surface area contributed by atoms with Crippen LogP contribution >= 0.6 is 0 Å². The van der Waals surface area contributed by atoms with Gasteiger partial charge < -0.3 is 4.90 Å². The van der Waals surface area contributed by atoms with Gasteiger partial charge in [-0.25, -0.2) is 0 Å². The molecule has 1 saturated carbocycles. The van der Waals surface area contributed by atoms with E-state index in [1.807, 2.05) is 24.3 Å². The van der Waals surface area contributed by atoms with E-state index in [2.05, 4.69) is 0 Å².